The van der Waals surface area contributed by atoms with Gasteiger partial charge in [-0.1, -0.05) is 6.92 Å². The smallest absolute Gasteiger partial charge is 0.301 e. The quantitative estimate of drug-likeness (QED) is 0.0988. The zero-order chi connectivity index (χ0) is 43.7. The number of carbonyl (C=O) groups is 4. The van der Waals surface area contributed by atoms with Gasteiger partial charge >= 0.3 is 10.2 Å². The highest BCUT2D eigenvalue weighted by atomic mass is 32.2. The van der Waals surface area contributed by atoms with Crippen LogP contribution in [0.5, 0.6) is 0 Å². The van der Waals surface area contributed by atoms with Crippen LogP contribution in [0.15, 0.2) is 55.4 Å². The summed E-state index contributed by atoms with van der Waals surface area (Å²) >= 11 is 0. The molecule has 7 heterocycles. The molecule has 0 bridgehead atoms. The lowest BCUT2D eigenvalue weighted by atomic mass is 10.0. The van der Waals surface area contributed by atoms with Gasteiger partial charge in [0.2, 0.25) is 29.5 Å². The van der Waals surface area contributed by atoms with Crippen molar-refractivity contribution in [1.29, 1.82) is 0 Å². The molecule has 3 amide bonds. The summed E-state index contributed by atoms with van der Waals surface area (Å²) in [6, 6.07) is 3.07. The van der Waals surface area contributed by atoms with E-state index >= 15 is 8.78 Å². The van der Waals surface area contributed by atoms with Crippen molar-refractivity contribution in [1.82, 2.24) is 49.1 Å². The summed E-state index contributed by atoms with van der Waals surface area (Å²) in [5.41, 5.74) is 0.566. The predicted octanol–water partition coefficient (Wildman–Crippen LogP) is 2.54. The Kier molecular flexibility index (Phi) is 12.0. The highest BCUT2D eigenvalue weighted by molar-refractivity contribution is 7.90. The molecule has 0 aliphatic carbocycles. The molecule has 62 heavy (non-hydrogen) atoms. The van der Waals surface area contributed by atoms with Crippen molar-refractivity contribution in [3.8, 4) is 11.1 Å². The van der Waals surface area contributed by atoms with Gasteiger partial charge < -0.3 is 20.1 Å². The zero-order valence-electron chi connectivity index (χ0n) is 34.0. The summed E-state index contributed by atoms with van der Waals surface area (Å²) in [5, 5.41) is 10.3. The Hall–Kier alpha value is -6.39. The molecule has 5 aromatic rings. The molecule has 1 unspecified atom stereocenters. The van der Waals surface area contributed by atoms with Crippen LogP contribution in [0.4, 0.5) is 26.1 Å². The number of piperidine rings is 2. The topological polar surface area (TPSA) is 224 Å². The van der Waals surface area contributed by atoms with Crippen LogP contribution in [-0.2, 0) is 24.6 Å². The third-order valence-electron chi connectivity index (χ3n) is 11.5. The fourth-order valence-corrected chi connectivity index (χ4v) is 8.71. The number of nitrogens with zero attached hydrogens (tertiary/aromatic N) is 9. The van der Waals surface area contributed by atoms with E-state index in [-0.39, 0.29) is 41.3 Å². The van der Waals surface area contributed by atoms with Crippen LogP contribution in [0.2, 0.25) is 0 Å². The largest absolute Gasteiger partial charge is 0.371 e. The van der Waals surface area contributed by atoms with E-state index in [9.17, 15) is 27.6 Å². The van der Waals surface area contributed by atoms with E-state index in [1.165, 1.54) is 13.2 Å². The van der Waals surface area contributed by atoms with Crippen molar-refractivity contribution in [3.05, 3.63) is 78.1 Å². The Morgan fingerprint density at radius 2 is 1.68 bits per heavy atom. The number of halogens is 2. The van der Waals surface area contributed by atoms with Crippen LogP contribution in [0.1, 0.15) is 54.6 Å². The summed E-state index contributed by atoms with van der Waals surface area (Å²) in [5.74, 6) is -3.57. The average Bonchev–Trinajstić information content (AvgIpc) is 3.93. The Balaban J connectivity index is 0.841. The normalized spacial score (nSPS) is 18.0. The van der Waals surface area contributed by atoms with Gasteiger partial charge in [0.05, 0.1) is 35.7 Å². The van der Waals surface area contributed by atoms with Crippen molar-refractivity contribution in [2.45, 2.75) is 44.7 Å². The summed E-state index contributed by atoms with van der Waals surface area (Å²) in [6.07, 6.45) is 12.0. The Morgan fingerprint density at radius 3 is 2.39 bits per heavy atom. The van der Waals surface area contributed by atoms with Gasteiger partial charge in [-0.15, -0.1) is 0 Å². The number of carbonyl (C=O) groups excluding carboxylic acids is 4. The van der Waals surface area contributed by atoms with E-state index in [2.05, 4.69) is 45.3 Å². The number of aromatic nitrogens is 6. The number of rotatable bonds is 13. The molecule has 1 atom stereocenters. The molecule has 3 fully saturated rings. The number of aromatic amines is 1. The molecular weight excluding hydrogens is 829 g/mol. The fourth-order valence-electron chi connectivity index (χ4n) is 7.78. The lowest BCUT2D eigenvalue weighted by molar-refractivity contribution is -0.134. The maximum Gasteiger partial charge on any atom is 0.301 e. The molecule has 3 aliphatic rings. The van der Waals surface area contributed by atoms with E-state index in [0.29, 0.717) is 68.3 Å². The molecule has 1 aromatic carbocycles. The first-order chi connectivity index (χ1) is 29.8. The van der Waals surface area contributed by atoms with E-state index < -0.39 is 44.9 Å². The maximum atomic E-state index is 15.6. The second-order valence-electron chi connectivity index (χ2n) is 15.5. The SMILES string of the molecule is CCN(C)S(=O)(=O)Nc1ccc(F)c(C(=O)c2c[nH]c3ncc(-c4cnc(N5CCN(C(=O)CN6CCC(n7cc(NC8CCC(=O)NC8=O)cn7)CC6)CC5)nc4)cc23)c1F. The van der Waals surface area contributed by atoms with Gasteiger partial charge in [0.15, 0.2) is 5.82 Å². The molecule has 0 saturated carbocycles. The molecule has 0 spiro atoms. The number of benzene rings is 1. The van der Waals surface area contributed by atoms with Crippen molar-refractivity contribution < 1.29 is 36.4 Å². The number of hydrogen-bond acceptors (Lipinski definition) is 13. The van der Waals surface area contributed by atoms with Gasteiger partial charge in [0.1, 0.15) is 17.5 Å². The maximum absolute atomic E-state index is 15.6. The number of fused-ring (bicyclic) bond motifs is 1. The van der Waals surface area contributed by atoms with Gasteiger partial charge in [-0.3, -0.25) is 38.8 Å². The molecule has 4 N–H and O–H groups in total. The van der Waals surface area contributed by atoms with Gasteiger partial charge in [0, 0.05) is 112 Å². The molecule has 8 rings (SSSR count). The van der Waals surface area contributed by atoms with Crippen LogP contribution in [0.3, 0.4) is 0 Å². The number of amides is 3. The minimum atomic E-state index is -4.15. The molecule has 4 aromatic heterocycles. The van der Waals surface area contributed by atoms with Crippen molar-refractivity contribution in [2.75, 3.05) is 74.3 Å². The van der Waals surface area contributed by atoms with Crippen LogP contribution in [0.25, 0.3) is 22.2 Å². The summed E-state index contributed by atoms with van der Waals surface area (Å²) in [7, 11) is -2.86. The number of anilines is 3. The highest BCUT2D eigenvalue weighted by Crippen LogP contribution is 2.30. The number of imide groups is 1. The number of likely N-dealkylation sites (tertiary alicyclic amines) is 1. The van der Waals surface area contributed by atoms with Crippen LogP contribution < -0.4 is 20.3 Å². The zero-order valence-corrected chi connectivity index (χ0v) is 34.8. The standard InChI is InChI=1S/C40H45F2N13O6S/c1-3-51(2)62(60,61)50-31-5-4-30(41)35(36(31)42)37(58)29-21-44-38-28(29)16-24(17-43-38)25-18-45-40(46-19-25)54-14-12-53(13-15-54)34(57)23-52-10-8-27(9-11-52)55-22-26(20-47-55)48-32-6-7-33(56)49-39(32)59/h4-5,16-22,27,32,48,50H,3,6-15,23H2,1-2H3,(H,43,44)(H,49,56,59). The van der Waals surface area contributed by atoms with E-state index in [1.807, 2.05) is 20.7 Å². The monoisotopic (exact) mass is 873 g/mol. The lowest BCUT2D eigenvalue weighted by Gasteiger charge is -2.37. The van der Waals surface area contributed by atoms with Crippen LogP contribution >= 0.6 is 0 Å². The van der Waals surface area contributed by atoms with Crippen molar-refractivity contribution in [2.24, 2.45) is 0 Å². The second-order valence-corrected chi connectivity index (χ2v) is 17.2. The second kappa shape index (κ2) is 17.5. The Labute approximate surface area is 355 Å². The van der Waals surface area contributed by atoms with E-state index in [0.717, 1.165) is 48.1 Å². The summed E-state index contributed by atoms with van der Waals surface area (Å²) < 4.78 is 60.6. The average molecular weight is 874 g/mol. The predicted molar refractivity (Wildman–Crippen MR) is 223 cm³/mol. The first-order valence-corrected chi connectivity index (χ1v) is 21.7. The van der Waals surface area contributed by atoms with Gasteiger partial charge in [-0.05, 0) is 37.5 Å². The van der Waals surface area contributed by atoms with Crippen molar-refractivity contribution in [3.63, 3.8) is 0 Å². The van der Waals surface area contributed by atoms with E-state index in [4.69, 9.17) is 0 Å². The number of nitrogens with one attached hydrogen (secondary N) is 4. The van der Waals surface area contributed by atoms with Gasteiger partial charge in [-0.2, -0.15) is 17.8 Å². The Morgan fingerprint density at radius 1 is 0.952 bits per heavy atom. The molecule has 0 radical (unpaired) electrons. The van der Waals surface area contributed by atoms with E-state index in [1.54, 1.807) is 37.8 Å². The number of ketones is 1. The van der Waals surface area contributed by atoms with Gasteiger partial charge in [0.25, 0.3) is 0 Å². The molecule has 326 valence electrons. The minimum Gasteiger partial charge on any atom is -0.371 e. The van der Waals surface area contributed by atoms with Crippen molar-refractivity contribution >= 4 is 62.1 Å². The third-order valence-corrected chi connectivity index (χ3v) is 13.1. The number of H-pyrrole nitrogens is 1. The third kappa shape index (κ3) is 8.83. The minimum absolute atomic E-state index is 0.0577. The molecule has 3 aliphatic heterocycles. The number of piperazine rings is 1. The molecule has 19 nitrogen and oxygen atoms in total. The Bertz CT molecular complexity index is 2620. The van der Waals surface area contributed by atoms with Gasteiger partial charge in [-0.25, -0.2) is 23.7 Å². The molecule has 22 heteroatoms. The van der Waals surface area contributed by atoms with Crippen LogP contribution in [0, 0.1) is 11.6 Å². The highest BCUT2D eigenvalue weighted by Gasteiger charge is 2.30. The number of pyridine rings is 1. The molecular formula is C40H45F2N13O6S. The lowest BCUT2D eigenvalue weighted by Crippen LogP contribution is -2.52. The first-order valence-electron chi connectivity index (χ1n) is 20.2. The first kappa shape index (κ1) is 42.3. The molecule has 3 saturated heterocycles. The fraction of sp³-hybridized carbons (Fsp3) is 0.400. The summed E-state index contributed by atoms with van der Waals surface area (Å²) in [6.45, 7) is 5.57. The number of hydrogen-bond donors (Lipinski definition) is 4. The summed E-state index contributed by atoms with van der Waals surface area (Å²) in [4.78, 5) is 72.9. The van der Waals surface area contributed by atoms with Crippen LogP contribution in [-0.4, -0.2) is 141 Å².